The van der Waals surface area contributed by atoms with Gasteiger partial charge in [0, 0.05) is 16.6 Å². The van der Waals surface area contributed by atoms with Gasteiger partial charge in [-0.2, -0.15) is 5.10 Å². The number of phenols is 1. The number of halogens is 1. The predicted molar refractivity (Wildman–Crippen MR) is 97.2 cm³/mol. The Hall–Kier alpha value is -2.79. The number of fused-ring (bicyclic) bond motifs is 1. The standard InChI is InChI=1S/C18H16ClN3O2/c1-2-24-18-9-12(3-6-17(18)23)11-21-22-15-7-8-20-16-10-13(19)4-5-14(15)16/h3-11,23H,2H2,1H3,(H,20,22). The van der Waals surface area contributed by atoms with Gasteiger partial charge in [0.15, 0.2) is 11.5 Å². The minimum Gasteiger partial charge on any atom is -0.504 e. The largest absolute Gasteiger partial charge is 0.504 e. The third kappa shape index (κ3) is 3.58. The molecule has 0 spiro atoms. The molecule has 0 aliphatic rings. The summed E-state index contributed by atoms with van der Waals surface area (Å²) in [7, 11) is 0. The van der Waals surface area contributed by atoms with Crippen molar-refractivity contribution in [2.24, 2.45) is 5.10 Å². The summed E-state index contributed by atoms with van der Waals surface area (Å²) in [6.07, 6.45) is 3.36. The number of hydrazone groups is 1. The van der Waals surface area contributed by atoms with Gasteiger partial charge in [-0.15, -0.1) is 0 Å². The van der Waals surface area contributed by atoms with Gasteiger partial charge < -0.3 is 9.84 Å². The number of ether oxygens (including phenoxy) is 1. The second-order valence-corrected chi connectivity index (χ2v) is 5.49. The number of pyridine rings is 1. The molecule has 0 fully saturated rings. The van der Waals surface area contributed by atoms with Crippen LogP contribution in [0.3, 0.4) is 0 Å². The van der Waals surface area contributed by atoms with Crippen LogP contribution >= 0.6 is 11.6 Å². The van der Waals surface area contributed by atoms with Crippen LogP contribution in [0.2, 0.25) is 5.02 Å². The molecular weight excluding hydrogens is 326 g/mol. The van der Waals surface area contributed by atoms with Gasteiger partial charge in [-0.1, -0.05) is 11.6 Å². The molecule has 0 atom stereocenters. The van der Waals surface area contributed by atoms with Crippen LogP contribution in [-0.4, -0.2) is 22.9 Å². The average Bonchev–Trinajstić information content (AvgIpc) is 2.58. The first-order chi connectivity index (χ1) is 11.7. The summed E-state index contributed by atoms with van der Waals surface area (Å²) < 4.78 is 5.36. The summed E-state index contributed by atoms with van der Waals surface area (Å²) in [5, 5.41) is 15.5. The second-order valence-electron chi connectivity index (χ2n) is 5.05. The van der Waals surface area contributed by atoms with E-state index in [9.17, 15) is 5.11 Å². The first-order valence-electron chi connectivity index (χ1n) is 7.46. The summed E-state index contributed by atoms with van der Waals surface area (Å²) >= 11 is 5.99. The SMILES string of the molecule is CCOc1cc(C=NNc2ccnc3cc(Cl)ccc23)ccc1O. The molecule has 0 unspecified atom stereocenters. The molecule has 1 aromatic heterocycles. The molecule has 3 aromatic rings. The number of nitrogens with one attached hydrogen (secondary N) is 1. The lowest BCUT2D eigenvalue weighted by Gasteiger charge is -2.07. The minimum absolute atomic E-state index is 0.110. The van der Waals surface area contributed by atoms with Crippen LogP contribution < -0.4 is 10.2 Å². The molecule has 6 heteroatoms. The third-order valence-electron chi connectivity index (χ3n) is 3.39. The van der Waals surface area contributed by atoms with Gasteiger partial charge in [-0.3, -0.25) is 10.4 Å². The summed E-state index contributed by atoms with van der Waals surface area (Å²) in [4.78, 5) is 4.29. The van der Waals surface area contributed by atoms with Crippen LogP contribution in [-0.2, 0) is 0 Å². The lowest BCUT2D eigenvalue weighted by molar-refractivity contribution is 0.318. The molecule has 5 nitrogen and oxygen atoms in total. The van der Waals surface area contributed by atoms with Gasteiger partial charge >= 0.3 is 0 Å². The normalized spacial score (nSPS) is 11.1. The fourth-order valence-corrected chi connectivity index (χ4v) is 2.44. The van der Waals surface area contributed by atoms with Gasteiger partial charge in [0.25, 0.3) is 0 Å². The number of aromatic nitrogens is 1. The Bertz CT molecular complexity index is 897. The molecule has 0 saturated carbocycles. The molecule has 2 N–H and O–H groups in total. The molecule has 0 aliphatic heterocycles. The Morgan fingerprint density at radius 1 is 1.25 bits per heavy atom. The molecular formula is C18H16ClN3O2. The number of aromatic hydroxyl groups is 1. The fraction of sp³-hybridized carbons (Fsp3) is 0.111. The first kappa shape index (κ1) is 16.1. The maximum atomic E-state index is 9.71. The molecule has 2 aromatic carbocycles. The lowest BCUT2D eigenvalue weighted by atomic mass is 10.2. The molecule has 0 bridgehead atoms. The number of hydrogen-bond acceptors (Lipinski definition) is 5. The molecule has 24 heavy (non-hydrogen) atoms. The monoisotopic (exact) mass is 341 g/mol. The van der Waals surface area contributed by atoms with Crippen molar-refractivity contribution in [3.8, 4) is 11.5 Å². The quantitative estimate of drug-likeness (QED) is 0.532. The smallest absolute Gasteiger partial charge is 0.161 e. The van der Waals surface area contributed by atoms with E-state index in [4.69, 9.17) is 16.3 Å². The van der Waals surface area contributed by atoms with Crippen molar-refractivity contribution in [1.29, 1.82) is 0 Å². The Balaban J connectivity index is 1.81. The van der Waals surface area contributed by atoms with E-state index >= 15 is 0 Å². The van der Waals surface area contributed by atoms with Crippen LogP contribution in [0.4, 0.5) is 5.69 Å². The Morgan fingerprint density at radius 3 is 2.96 bits per heavy atom. The molecule has 122 valence electrons. The van der Waals surface area contributed by atoms with E-state index in [0.29, 0.717) is 17.4 Å². The summed E-state index contributed by atoms with van der Waals surface area (Å²) in [5.74, 6) is 0.546. The zero-order valence-corrected chi connectivity index (χ0v) is 13.8. The molecule has 0 saturated heterocycles. The van der Waals surface area contributed by atoms with Crippen molar-refractivity contribution in [2.45, 2.75) is 6.92 Å². The molecule has 3 rings (SSSR count). The highest BCUT2D eigenvalue weighted by Gasteiger charge is 2.03. The van der Waals surface area contributed by atoms with Crippen molar-refractivity contribution in [3.05, 3.63) is 59.2 Å². The molecule has 0 amide bonds. The number of nitrogens with zero attached hydrogens (tertiary/aromatic N) is 2. The van der Waals surface area contributed by atoms with Crippen LogP contribution in [0.25, 0.3) is 10.9 Å². The zero-order chi connectivity index (χ0) is 16.9. The first-order valence-corrected chi connectivity index (χ1v) is 7.84. The van der Waals surface area contributed by atoms with Crippen molar-refractivity contribution in [3.63, 3.8) is 0 Å². The van der Waals surface area contributed by atoms with Gasteiger partial charge in [0.2, 0.25) is 0 Å². The minimum atomic E-state index is 0.110. The van der Waals surface area contributed by atoms with E-state index in [1.54, 1.807) is 36.7 Å². The maximum absolute atomic E-state index is 9.71. The number of benzene rings is 2. The molecule has 0 aliphatic carbocycles. The zero-order valence-electron chi connectivity index (χ0n) is 13.0. The van der Waals surface area contributed by atoms with Crippen molar-refractivity contribution >= 4 is 34.4 Å². The van der Waals surface area contributed by atoms with Crippen molar-refractivity contribution in [1.82, 2.24) is 4.98 Å². The predicted octanol–water partition coefficient (Wildman–Crippen LogP) is 4.44. The number of rotatable bonds is 5. The van der Waals surface area contributed by atoms with Crippen LogP contribution in [0.15, 0.2) is 53.8 Å². The van der Waals surface area contributed by atoms with E-state index in [0.717, 1.165) is 22.2 Å². The average molecular weight is 342 g/mol. The number of phenolic OH excluding ortho intramolecular Hbond substituents is 1. The van der Waals surface area contributed by atoms with Crippen molar-refractivity contribution < 1.29 is 9.84 Å². The van der Waals surface area contributed by atoms with Gasteiger partial charge in [0.1, 0.15) is 0 Å². The highest BCUT2D eigenvalue weighted by atomic mass is 35.5. The molecule has 0 radical (unpaired) electrons. The van der Waals surface area contributed by atoms with Gasteiger partial charge in [0.05, 0.1) is 24.0 Å². The van der Waals surface area contributed by atoms with E-state index in [2.05, 4.69) is 15.5 Å². The second kappa shape index (κ2) is 7.19. The third-order valence-corrected chi connectivity index (χ3v) is 3.62. The van der Waals surface area contributed by atoms with E-state index in [1.807, 2.05) is 25.1 Å². The van der Waals surface area contributed by atoms with E-state index in [-0.39, 0.29) is 5.75 Å². The summed E-state index contributed by atoms with van der Waals surface area (Å²) in [6.45, 7) is 2.35. The highest BCUT2D eigenvalue weighted by molar-refractivity contribution is 6.31. The maximum Gasteiger partial charge on any atom is 0.161 e. The Morgan fingerprint density at radius 2 is 2.12 bits per heavy atom. The van der Waals surface area contributed by atoms with Gasteiger partial charge in [-0.25, -0.2) is 0 Å². The van der Waals surface area contributed by atoms with Crippen molar-refractivity contribution in [2.75, 3.05) is 12.0 Å². The van der Waals surface area contributed by atoms with E-state index in [1.165, 1.54) is 0 Å². The summed E-state index contributed by atoms with van der Waals surface area (Å²) in [5.41, 5.74) is 5.44. The number of anilines is 1. The fourth-order valence-electron chi connectivity index (χ4n) is 2.28. The van der Waals surface area contributed by atoms with Crippen LogP contribution in [0.1, 0.15) is 12.5 Å². The topological polar surface area (TPSA) is 66.7 Å². The highest BCUT2D eigenvalue weighted by Crippen LogP contribution is 2.26. The summed E-state index contributed by atoms with van der Waals surface area (Å²) in [6, 6.07) is 12.4. The Kier molecular flexibility index (Phi) is 4.82. The Labute approximate surface area is 144 Å². The van der Waals surface area contributed by atoms with E-state index < -0.39 is 0 Å². The van der Waals surface area contributed by atoms with Crippen LogP contribution in [0.5, 0.6) is 11.5 Å². The van der Waals surface area contributed by atoms with Crippen LogP contribution in [0, 0.1) is 0 Å². The number of hydrogen-bond donors (Lipinski definition) is 2. The molecule has 1 heterocycles. The lowest BCUT2D eigenvalue weighted by Crippen LogP contribution is -1.95. The van der Waals surface area contributed by atoms with Gasteiger partial charge in [-0.05, 0) is 55.0 Å².